The number of halogens is 1. The minimum atomic E-state index is 0.813. The van der Waals surface area contributed by atoms with Crippen molar-refractivity contribution in [3.63, 3.8) is 0 Å². The van der Waals surface area contributed by atoms with Crippen LogP contribution in [0.3, 0.4) is 0 Å². The van der Waals surface area contributed by atoms with Gasteiger partial charge in [0.1, 0.15) is 0 Å². The number of hydrogen-bond acceptors (Lipinski definition) is 1. The molecule has 0 spiro atoms. The molecule has 80 valence electrons. The smallest absolute Gasteiger partial charge is 0.0223 e. The third-order valence-electron chi connectivity index (χ3n) is 2.12. The summed E-state index contributed by atoms with van der Waals surface area (Å²) in [6, 6.07) is 0. The predicted molar refractivity (Wildman–Crippen MR) is 61.5 cm³/mol. The molecule has 0 saturated heterocycles. The number of unbranched alkanes of at least 4 members (excludes halogenated alkanes) is 2. The van der Waals surface area contributed by atoms with Crippen molar-refractivity contribution < 1.29 is 0 Å². The van der Waals surface area contributed by atoms with Crippen molar-refractivity contribution in [3.05, 3.63) is 0 Å². The van der Waals surface area contributed by atoms with Gasteiger partial charge in [0, 0.05) is 5.88 Å². The molecule has 0 aliphatic heterocycles. The Hall–Kier alpha value is 0.250. The Bertz CT molecular complexity index is 94.1. The van der Waals surface area contributed by atoms with Gasteiger partial charge in [-0.1, -0.05) is 20.3 Å². The van der Waals surface area contributed by atoms with Crippen molar-refractivity contribution in [2.24, 2.45) is 5.92 Å². The summed E-state index contributed by atoms with van der Waals surface area (Å²) in [5.41, 5.74) is 0. The van der Waals surface area contributed by atoms with E-state index in [-0.39, 0.29) is 0 Å². The van der Waals surface area contributed by atoms with Gasteiger partial charge in [-0.3, -0.25) is 0 Å². The van der Waals surface area contributed by atoms with Gasteiger partial charge in [-0.25, -0.2) is 0 Å². The molecule has 1 N–H and O–H groups in total. The lowest BCUT2D eigenvalue weighted by Gasteiger charge is -2.05. The maximum atomic E-state index is 5.58. The minimum absolute atomic E-state index is 0.813. The second-order valence-corrected chi connectivity index (χ2v) is 4.41. The lowest BCUT2D eigenvalue weighted by atomic mass is 10.1. The first kappa shape index (κ1) is 13.2. The Labute approximate surface area is 88.2 Å². The Kier molecular flexibility index (Phi) is 10.5. The van der Waals surface area contributed by atoms with Crippen molar-refractivity contribution in [2.75, 3.05) is 19.0 Å². The Morgan fingerprint density at radius 3 is 2.31 bits per heavy atom. The van der Waals surface area contributed by atoms with Gasteiger partial charge in [0.25, 0.3) is 0 Å². The molecular formula is C11H24ClN. The molecule has 0 unspecified atom stereocenters. The van der Waals surface area contributed by atoms with Gasteiger partial charge in [0.05, 0.1) is 0 Å². The van der Waals surface area contributed by atoms with Gasteiger partial charge in [-0.15, -0.1) is 11.6 Å². The fraction of sp³-hybridized carbons (Fsp3) is 1.00. The van der Waals surface area contributed by atoms with Gasteiger partial charge in [0.15, 0.2) is 0 Å². The van der Waals surface area contributed by atoms with Crippen molar-refractivity contribution in [3.8, 4) is 0 Å². The fourth-order valence-electron chi connectivity index (χ4n) is 1.28. The zero-order chi connectivity index (χ0) is 9.94. The number of rotatable bonds is 9. The summed E-state index contributed by atoms with van der Waals surface area (Å²) in [5.74, 6) is 1.66. The molecule has 0 aliphatic rings. The van der Waals surface area contributed by atoms with E-state index in [9.17, 15) is 0 Å². The molecule has 0 rings (SSSR count). The van der Waals surface area contributed by atoms with Gasteiger partial charge in [-0.05, 0) is 44.7 Å². The number of alkyl halides is 1. The zero-order valence-electron chi connectivity index (χ0n) is 9.11. The first-order valence-corrected chi connectivity index (χ1v) is 6.07. The van der Waals surface area contributed by atoms with E-state index in [2.05, 4.69) is 19.2 Å². The van der Waals surface area contributed by atoms with Crippen LogP contribution in [0.15, 0.2) is 0 Å². The molecule has 0 aliphatic carbocycles. The summed E-state index contributed by atoms with van der Waals surface area (Å²) in [6.07, 6.45) is 6.35. The van der Waals surface area contributed by atoms with E-state index >= 15 is 0 Å². The van der Waals surface area contributed by atoms with Crippen molar-refractivity contribution >= 4 is 11.6 Å². The molecule has 0 fully saturated rings. The van der Waals surface area contributed by atoms with E-state index in [0.29, 0.717) is 0 Å². The molecular weight excluding hydrogens is 182 g/mol. The summed E-state index contributed by atoms with van der Waals surface area (Å²) in [4.78, 5) is 0. The van der Waals surface area contributed by atoms with Crippen molar-refractivity contribution in [1.29, 1.82) is 0 Å². The monoisotopic (exact) mass is 205 g/mol. The molecule has 0 heterocycles. The standard InChI is InChI=1S/C11H24ClN/c1-11(2)7-6-10-13-9-5-3-4-8-12/h11,13H,3-10H2,1-2H3. The minimum Gasteiger partial charge on any atom is -0.317 e. The number of nitrogens with one attached hydrogen (secondary N) is 1. The van der Waals surface area contributed by atoms with Gasteiger partial charge in [-0.2, -0.15) is 0 Å². The van der Waals surface area contributed by atoms with Gasteiger partial charge >= 0.3 is 0 Å². The summed E-state index contributed by atoms with van der Waals surface area (Å²) in [5, 5.41) is 3.46. The lowest BCUT2D eigenvalue weighted by molar-refractivity contribution is 0.520. The molecule has 13 heavy (non-hydrogen) atoms. The number of hydrogen-bond donors (Lipinski definition) is 1. The Morgan fingerprint density at radius 2 is 1.69 bits per heavy atom. The molecule has 1 nitrogen and oxygen atoms in total. The van der Waals surface area contributed by atoms with Crippen LogP contribution in [-0.4, -0.2) is 19.0 Å². The van der Waals surface area contributed by atoms with Crippen LogP contribution >= 0.6 is 11.6 Å². The summed E-state index contributed by atoms with van der Waals surface area (Å²) in [6.45, 7) is 6.90. The highest BCUT2D eigenvalue weighted by Crippen LogP contribution is 2.01. The van der Waals surface area contributed by atoms with Crippen LogP contribution in [0, 0.1) is 5.92 Å². The van der Waals surface area contributed by atoms with E-state index in [1.165, 1.54) is 32.2 Å². The average Bonchev–Trinajstić information content (AvgIpc) is 2.09. The predicted octanol–water partition coefficient (Wildman–Crippen LogP) is 3.42. The van der Waals surface area contributed by atoms with E-state index in [1.807, 2.05) is 0 Å². The van der Waals surface area contributed by atoms with Crippen LogP contribution in [-0.2, 0) is 0 Å². The second-order valence-electron chi connectivity index (χ2n) is 4.04. The molecule has 0 aromatic heterocycles. The molecule has 0 aromatic rings. The zero-order valence-corrected chi connectivity index (χ0v) is 9.87. The second kappa shape index (κ2) is 10.3. The lowest BCUT2D eigenvalue weighted by Crippen LogP contribution is -2.17. The van der Waals surface area contributed by atoms with Crippen LogP contribution in [0.2, 0.25) is 0 Å². The topological polar surface area (TPSA) is 12.0 Å². The van der Waals surface area contributed by atoms with E-state index in [1.54, 1.807) is 0 Å². The maximum absolute atomic E-state index is 5.58. The molecule has 0 saturated carbocycles. The molecule has 2 heteroatoms. The van der Waals surface area contributed by atoms with Crippen LogP contribution in [0.25, 0.3) is 0 Å². The molecule has 0 aromatic carbocycles. The summed E-state index contributed by atoms with van der Waals surface area (Å²) >= 11 is 5.58. The Balaban J connectivity index is 2.84. The molecule has 0 bridgehead atoms. The molecule has 0 radical (unpaired) electrons. The normalized spacial score (nSPS) is 11.1. The van der Waals surface area contributed by atoms with E-state index < -0.39 is 0 Å². The SMILES string of the molecule is CC(C)CCCNCCCCCCl. The first-order valence-electron chi connectivity index (χ1n) is 5.54. The fourth-order valence-corrected chi connectivity index (χ4v) is 1.47. The van der Waals surface area contributed by atoms with E-state index in [0.717, 1.165) is 24.8 Å². The third kappa shape index (κ3) is 12.2. The quantitative estimate of drug-likeness (QED) is 0.449. The highest BCUT2D eigenvalue weighted by Gasteiger charge is 1.93. The molecule has 0 atom stereocenters. The average molecular weight is 206 g/mol. The third-order valence-corrected chi connectivity index (χ3v) is 2.39. The first-order chi connectivity index (χ1) is 6.27. The highest BCUT2D eigenvalue weighted by atomic mass is 35.5. The summed E-state index contributed by atoms with van der Waals surface area (Å²) in [7, 11) is 0. The maximum Gasteiger partial charge on any atom is 0.0223 e. The largest absolute Gasteiger partial charge is 0.317 e. The van der Waals surface area contributed by atoms with Crippen LogP contribution < -0.4 is 5.32 Å². The van der Waals surface area contributed by atoms with Crippen molar-refractivity contribution in [1.82, 2.24) is 5.32 Å². The van der Waals surface area contributed by atoms with Crippen LogP contribution in [0.1, 0.15) is 46.0 Å². The van der Waals surface area contributed by atoms with Gasteiger partial charge in [0.2, 0.25) is 0 Å². The van der Waals surface area contributed by atoms with Crippen LogP contribution in [0.4, 0.5) is 0 Å². The highest BCUT2D eigenvalue weighted by molar-refractivity contribution is 6.17. The Morgan fingerprint density at radius 1 is 1.00 bits per heavy atom. The summed E-state index contributed by atoms with van der Waals surface area (Å²) < 4.78 is 0. The van der Waals surface area contributed by atoms with Gasteiger partial charge < -0.3 is 5.32 Å². The van der Waals surface area contributed by atoms with Crippen LogP contribution in [0.5, 0.6) is 0 Å². The van der Waals surface area contributed by atoms with Crippen molar-refractivity contribution in [2.45, 2.75) is 46.0 Å². The molecule has 0 amide bonds. The van der Waals surface area contributed by atoms with E-state index in [4.69, 9.17) is 11.6 Å².